The van der Waals surface area contributed by atoms with Crippen LogP contribution in [0.4, 0.5) is 5.69 Å². The molecule has 0 aliphatic carbocycles. The van der Waals surface area contributed by atoms with Crippen molar-refractivity contribution in [3.05, 3.63) is 64.0 Å². The smallest absolute Gasteiger partial charge is 0.273 e. The average molecular weight is 313 g/mol. The molecule has 1 aromatic carbocycles. The molecule has 0 radical (unpaired) electrons. The van der Waals surface area contributed by atoms with Gasteiger partial charge in [0.1, 0.15) is 11.9 Å². The maximum atomic E-state index is 12.3. The molecule has 0 unspecified atom stereocenters. The minimum atomic E-state index is -0.475. The van der Waals surface area contributed by atoms with Gasteiger partial charge < -0.3 is 9.64 Å². The van der Waals surface area contributed by atoms with Gasteiger partial charge in [0.25, 0.3) is 11.6 Å². The van der Waals surface area contributed by atoms with E-state index in [9.17, 15) is 14.9 Å². The van der Waals surface area contributed by atoms with Gasteiger partial charge in [-0.15, -0.1) is 0 Å². The largest absolute Gasteiger partial charge is 0.487 e. The van der Waals surface area contributed by atoms with Crippen molar-refractivity contribution in [1.29, 1.82) is 0 Å². The number of nitrogens with zero attached hydrogens (tertiary/aromatic N) is 3. The van der Waals surface area contributed by atoms with E-state index in [2.05, 4.69) is 4.98 Å². The van der Waals surface area contributed by atoms with Crippen molar-refractivity contribution in [2.24, 2.45) is 0 Å². The maximum absolute atomic E-state index is 12.3. The molecular formula is C16H15N3O4. The molecule has 1 aromatic heterocycles. The topological polar surface area (TPSA) is 85.6 Å². The Balaban J connectivity index is 1.63. The Bertz CT molecular complexity index is 742. The van der Waals surface area contributed by atoms with E-state index in [0.29, 0.717) is 30.0 Å². The zero-order chi connectivity index (χ0) is 16.4. The van der Waals surface area contributed by atoms with Crippen LogP contribution in [0.3, 0.4) is 0 Å². The van der Waals surface area contributed by atoms with E-state index in [1.54, 1.807) is 48.5 Å². The van der Waals surface area contributed by atoms with Crippen LogP contribution in [0.2, 0.25) is 0 Å². The molecule has 1 fully saturated rings. The molecule has 1 aliphatic heterocycles. The summed E-state index contributed by atoms with van der Waals surface area (Å²) in [5, 5.41) is 11.0. The van der Waals surface area contributed by atoms with Crippen LogP contribution < -0.4 is 4.74 Å². The van der Waals surface area contributed by atoms with Gasteiger partial charge in [0.15, 0.2) is 0 Å². The second-order valence-electron chi connectivity index (χ2n) is 5.39. The number of amides is 1. The number of hydrogen-bond acceptors (Lipinski definition) is 5. The molecule has 1 amide bonds. The van der Waals surface area contributed by atoms with Crippen molar-refractivity contribution in [3.8, 4) is 5.75 Å². The van der Waals surface area contributed by atoms with E-state index < -0.39 is 4.92 Å². The van der Waals surface area contributed by atoms with Gasteiger partial charge in [0, 0.05) is 29.6 Å². The van der Waals surface area contributed by atoms with Crippen LogP contribution in [-0.2, 0) is 0 Å². The zero-order valence-corrected chi connectivity index (χ0v) is 12.5. The number of hydrogen-bond donors (Lipinski definition) is 0. The number of likely N-dealkylation sites (tertiary alicyclic amines) is 1. The predicted octanol–water partition coefficient (Wildman–Crippen LogP) is 2.20. The van der Waals surface area contributed by atoms with Gasteiger partial charge in [-0.1, -0.05) is 6.07 Å². The van der Waals surface area contributed by atoms with Gasteiger partial charge in [-0.3, -0.25) is 19.9 Å². The number of aryl methyl sites for hydroxylation is 1. The second kappa shape index (κ2) is 6.04. The lowest BCUT2D eigenvalue weighted by atomic mass is 10.1. The van der Waals surface area contributed by atoms with Crippen LogP contribution in [-0.4, -0.2) is 39.9 Å². The average Bonchev–Trinajstić information content (AvgIpc) is 2.51. The molecule has 3 rings (SSSR count). The summed E-state index contributed by atoms with van der Waals surface area (Å²) >= 11 is 0. The molecular weight excluding hydrogens is 298 g/mol. The van der Waals surface area contributed by atoms with Crippen LogP contribution in [0, 0.1) is 17.0 Å². The Morgan fingerprint density at radius 1 is 1.30 bits per heavy atom. The van der Waals surface area contributed by atoms with Crippen LogP contribution in [0.25, 0.3) is 0 Å². The SMILES string of the molecule is Cc1ccc(C(=O)N2CC(Oc3ccncc3)C2)cc1[N+](=O)[O-]. The number of pyridine rings is 1. The van der Waals surface area contributed by atoms with Crippen molar-refractivity contribution >= 4 is 11.6 Å². The molecule has 1 aliphatic rings. The van der Waals surface area contributed by atoms with Crippen LogP contribution in [0.15, 0.2) is 42.7 Å². The fraction of sp³-hybridized carbons (Fsp3) is 0.250. The summed E-state index contributed by atoms with van der Waals surface area (Å²) in [6.45, 7) is 2.57. The van der Waals surface area contributed by atoms with E-state index in [-0.39, 0.29) is 17.7 Å². The molecule has 0 spiro atoms. The first-order valence-electron chi connectivity index (χ1n) is 7.15. The molecule has 7 heteroatoms. The van der Waals surface area contributed by atoms with E-state index in [4.69, 9.17) is 4.74 Å². The highest BCUT2D eigenvalue weighted by Crippen LogP contribution is 2.23. The highest BCUT2D eigenvalue weighted by molar-refractivity contribution is 5.95. The third-order valence-electron chi connectivity index (χ3n) is 3.74. The highest BCUT2D eigenvalue weighted by atomic mass is 16.6. The Hall–Kier alpha value is -2.96. The molecule has 2 heterocycles. The normalized spacial score (nSPS) is 14.2. The minimum Gasteiger partial charge on any atom is -0.487 e. The molecule has 2 aromatic rings. The lowest BCUT2D eigenvalue weighted by molar-refractivity contribution is -0.385. The Morgan fingerprint density at radius 2 is 2.00 bits per heavy atom. The number of benzene rings is 1. The Labute approximate surface area is 132 Å². The molecule has 1 saturated heterocycles. The first kappa shape index (κ1) is 15.0. The second-order valence-corrected chi connectivity index (χ2v) is 5.39. The summed E-state index contributed by atoms with van der Waals surface area (Å²) in [5.74, 6) is 0.491. The first-order valence-corrected chi connectivity index (χ1v) is 7.15. The van der Waals surface area contributed by atoms with Gasteiger partial charge in [-0.2, -0.15) is 0 Å². The minimum absolute atomic E-state index is 0.0408. The van der Waals surface area contributed by atoms with Gasteiger partial charge >= 0.3 is 0 Å². The fourth-order valence-corrected chi connectivity index (χ4v) is 2.41. The Kier molecular flexibility index (Phi) is 3.92. The number of carbonyl (C=O) groups is 1. The molecule has 118 valence electrons. The molecule has 0 N–H and O–H groups in total. The molecule has 23 heavy (non-hydrogen) atoms. The Morgan fingerprint density at radius 3 is 2.65 bits per heavy atom. The van der Waals surface area contributed by atoms with Crippen LogP contribution in [0.5, 0.6) is 5.75 Å². The molecule has 0 bridgehead atoms. The van der Waals surface area contributed by atoms with Gasteiger partial charge in [-0.25, -0.2) is 0 Å². The maximum Gasteiger partial charge on any atom is 0.273 e. The number of carbonyl (C=O) groups excluding carboxylic acids is 1. The standard InChI is InChI=1S/C16H15N3O4/c1-11-2-3-12(8-15(11)19(21)22)16(20)18-9-14(10-18)23-13-4-6-17-7-5-13/h2-8,14H,9-10H2,1H3. The van der Waals surface area contributed by atoms with E-state index in [0.717, 1.165) is 0 Å². The van der Waals surface area contributed by atoms with Gasteiger partial charge in [-0.05, 0) is 25.1 Å². The monoisotopic (exact) mass is 313 g/mol. The molecule has 7 nitrogen and oxygen atoms in total. The van der Waals surface area contributed by atoms with Crippen molar-refractivity contribution in [2.45, 2.75) is 13.0 Å². The van der Waals surface area contributed by atoms with Gasteiger partial charge in [0.2, 0.25) is 0 Å². The van der Waals surface area contributed by atoms with Crippen LogP contribution >= 0.6 is 0 Å². The predicted molar refractivity (Wildman–Crippen MR) is 82.4 cm³/mol. The molecule has 0 atom stereocenters. The number of nitro groups is 1. The first-order chi connectivity index (χ1) is 11.0. The van der Waals surface area contributed by atoms with Crippen LogP contribution in [0.1, 0.15) is 15.9 Å². The quantitative estimate of drug-likeness (QED) is 0.638. The van der Waals surface area contributed by atoms with E-state index in [1.165, 1.54) is 6.07 Å². The zero-order valence-electron chi connectivity index (χ0n) is 12.5. The van der Waals surface area contributed by atoms with E-state index >= 15 is 0 Å². The van der Waals surface area contributed by atoms with Crippen molar-refractivity contribution in [3.63, 3.8) is 0 Å². The third kappa shape index (κ3) is 3.13. The third-order valence-corrected chi connectivity index (χ3v) is 3.74. The highest BCUT2D eigenvalue weighted by Gasteiger charge is 2.33. The van der Waals surface area contributed by atoms with Crippen molar-refractivity contribution < 1.29 is 14.5 Å². The summed E-state index contributed by atoms with van der Waals surface area (Å²) in [6, 6.07) is 8.05. The summed E-state index contributed by atoms with van der Waals surface area (Å²) in [5.41, 5.74) is 0.819. The number of aromatic nitrogens is 1. The lowest BCUT2D eigenvalue weighted by Crippen LogP contribution is -2.56. The van der Waals surface area contributed by atoms with Gasteiger partial charge in [0.05, 0.1) is 18.0 Å². The number of ether oxygens (including phenoxy) is 1. The summed E-state index contributed by atoms with van der Waals surface area (Å²) in [4.78, 5) is 28.4. The molecule has 0 saturated carbocycles. The van der Waals surface area contributed by atoms with Crippen molar-refractivity contribution in [2.75, 3.05) is 13.1 Å². The summed E-state index contributed by atoms with van der Waals surface area (Å²) in [6.07, 6.45) is 3.21. The van der Waals surface area contributed by atoms with Crippen molar-refractivity contribution in [1.82, 2.24) is 9.88 Å². The van der Waals surface area contributed by atoms with E-state index in [1.807, 2.05) is 0 Å². The number of nitro benzene ring substituents is 1. The lowest BCUT2D eigenvalue weighted by Gasteiger charge is -2.39. The number of rotatable bonds is 4. The summed E-state index contributed by atoms with van der Waals surface area (Å²) in [7, 11) is 0. The fourth-order valence-electron chi connectivity index (χ4n) is 2.41. The summed E-state index contributed by atoms with van der Waals surface area (Å²) < 4.78 is 5.71.